The van der Waals surface area contributed by atoms with E-state index in [1.54, 1.807) is 11.1 Å². The second-order valence-corrected chi connectivity index (χ2v) is 6.18. The summed E-state index contributed by atoms with van der Waals surface area (Å²) in [5.41, 5.74) is 3.13. The first-order valence-corrected chi connectivity index (χ1v) is 7.68. The third-order valence-corrected chi connectivity index (χ3v) is 4.88. The maximum absolute atomic E-state index is 3.93. The molecule has 0 heterocycles. The smallest absolute Gasteiger partial charge is 0.0151 e. The minimum absolute atomic E-state index is 0.697. The molecule has 3 rings (SSSR count). The average molecular weight is 243 g/mol. The summed E-state index contributed by atoms with van der Waals surface area (Å²) >= 11 is 0. The molecule has 1 nitrogen and oxygen atoms in total. The highest BCUT2D eigenvalue weighted by atomic mass is 15.0. The second kappa shape index (κ2) is 5.44. The van der Waals surface area contributed by atoms with Gasteiger partial charge in [-0.05, 0) is 42.7 Å². The van der Waals surface area contributed by atoms with Crippen molar-refractivity contribution in [2.75, 3.05) is 0 Å². The minimum Gasteiger partial charge on any atom is -0.311 e. The first kappa shape index (κ1) is 12.2. The maximum atomic E-state index is 3.93. The highest BCUT2D eigenvalue weighted by Crippen LogP contribution is 2.28. The molecule has 98 valence electrons. The van der Waals surface area contributed by atoms with Gasteiger partial charge in [-0.3, -0.25) is 0 Å². The molecule has 0 spiro atoms. The van der Waals surface area contributed by atoms with Crippen LogP contribution in [0.15, 0.2) is 24.3 Å². The fourth-order valence-electron chi connectivity index (χ4n) is 3.82. The molecule has 18 heavy (non-hydrogen) atoms. The van der Waals surface area contributed by atoms with Crippen molar-refractivity contribution in [3.05, 3.63) is 35.4 Å². The van der Waals surface area contributed by atoms with E-state index in [2.05, 4.69) is 36.5 Å². The average Bonchev–Trinajstić information content (AvgIpc) is 2.81. The molecule has 2 unspecified atom stereocenters. The van der Waals surface area contributed by atoms with Crippen LogP contribution in [0.2, 0.25) is 0 Å². The van der Waals surface area contributed by atoms with Crippen LogP contribution >= 0.6 is 0 Å². The number of rotatable bonds is 3. The van der Waals surface area contributed by atoms with Gasteiger partial charge in [-0.25, -0.2) is 0 Å². The van der Waals surface area contributed by atoms with Gasteiger partial charge in [0.1, 0.15) is 0 Å². The lowest BCUT2D eigenvalue weighted by molar-refractivity contribution is 0.263. The van der Waals surface area contributed by atoms with E-state index in [1.807, 2.05) is 0 Å². The Kier molecular flexibility index (Phi) is 3.69. The minimum atomic E-state index is 0.697. The van der Waals surface area contributed by atoms with Crippen molar-refractivity contribution >= 4 is 0 Å². The fourth-order valence-corrected chi connectivity index (χ4v) is 3.82. The highest BCUT2D eigenvalue weighted by Gasteiger charge is 2.26. The van der Waals surface area contributed by atoms with Crippen LogP contribution in [0.5, 0.6) is 0 Å². The first-order valence-electron chi connectivity index (χ1n) is 7.68. The summed E-state index contributed by atoms with van der Waals surface area (Å²) in [7, 11) is 0. The Labute approximate surface area is 111 Å². The Morgan fingerprint density at radius 2 is 1.78 bits per heavy atom. The lowest BCUT2D eigenvalue weighted by Crippen LogP contribution is -2.41. The SMILES string of the molecule is CCC1CCCC(NC2Cc3ccccc3C2)C1. The van der Waals surface area contributed by atoms with Crippen molar-refractivity contribution < 1.29 is 0 Å². The zero-order valence-electron chi connectivity index (χ0n) is 11.5. The number of benzene rings is 1. The molecule has 0 amide bonds. The van der Waals surface area contributed by atoms with E-state index in [0.717, 1.165) is 12.0 Å². The van der Waals surface area contributed by atoms with E-state index in [4.69, 9.17) is 0 Å². The summed E-state index contributed by atoms with van der Waals surface area (Å²) in [6, 6.07) is 10.4. The molecule has 0 aliphatic heterocycles. The number of nitrogens with one attached hydrogen (secondary N) is 1. The van der Waals surface area contributed by atoms with Crippen molar-refractivity contribution in [3.63, 3.8) is 0 Å². The van der Waals surface area contributed by atoms with Gasteiger partial charge in [0.05, 0.1) is 0 Å². The van der Waals surface area contributed by atoms with Gasteiger partial charge in [0.2, 0.25) is 0 Å². The van der Waals surface area contributed by atoms with Crippen LogP contribution in [0.1, 0.15) is 50.2 Å². The van der Waals surface area contributed by atoms with E-state index in [9.17, 15) is 0 Å². The van der Waals surface area contributed by atoms with Crippen LogP contribution in [0.3, 0.4) is 0 Å². The standard InChI is InChI=1S/C17H25N/c1-2-13-6-5-9-16(10-13)18-17-11-14-7-3-4-8-15(14)12-17/h3-4,7-8,13,16-18H,2,5-6,9-12H2,1H3. The maximum Gasteiger partial charge on any atom is 0.0151 e. The summed E-state index contributed by atoms with van der Waals surface area (Å²) in [5, 5.41) is 3.93. The first-order chi connectivity index (χ1) is 8.85. The van der Waals surface area contributed by atoms with Crippen molar-refractivity contribution in [3.8, 4) is 0 Å². The van der Waals surface area contributed by atoms with Gasteiger partial charge in [0.25, 0.3) is 0 Å². The molecule has 0 radical (unpaired) electrons. The molecule has 0 bridgehead atoms. The second-order valence-electron chi connectivity index (χ2n) is 6.18. The van der Waals surface area contributed by atoms with E-state index in [-0.39, 0.29) is 0 Å². The topological polar surface area (TPSA) is 12.0 Å². The lowest BCUT2D eigenvalue weighted by atomic mass is 9.84. The van der Waals surface area contributed by atoms with Gasteiger partial charge >= 0.3 is 0 Å². The van der Waals surface area contributed by atoms with Gasteiger partial charge in [-0.2, -0.15) is 0 Å². The summed E-state index contributed by atoms with van der Waals surface area (Å²) in [4.78, 5) is 0. The fraction of sp³-hybridized carbons (Fsp3) is 0.647. The quantitative estimate of drug-likeness (QED) is 0.853. The Hall–Kier alpha value is -0.820. The van der Waals surface area contributed by atoms with Crippen molar-refractivity contribution in [2.45, 2.75) is 64.0 Å². The predicted octanol–water partition coefficient (Wildman–Crippen LogP) is 3.71. The van der Waals surface area contributed by atoms with E-state index in [1.165, 1.54) is 44.9 Å². The predicted molar refractivity (Wildman–Crippen MR) is 76.8 cm³/mol. The van der Waals surface area contributed by atoms with Crippen LogP contribution in [0.25, 0.3) is 0 Å². The van der Waals surface area contributed by atoms with Crippen LogP contribution in [0, 0.1) is 5.92 Å². The van der Waals surface area contributed by atoms with Gasteiger partial charge in [0, 0.05) is 12.1 Å². The zero-order valence-corrected chi connectivity index (χ0v) is 11.5. The molecule has 2 atom stereocenters. The monoisotopic (exact) mass is 243 g/mol. The Bertz CT molecular complexity index is 373. The highest BCUT2D eigenvalue weighted by molar-refractivity contribution is 5.33. The van der Waals surface area contributed by atoms with Crippen LogP contribution in [-0.4, -0.2) is 12.1 Å². The van der Waals surface area contributed by atoms with E-state index < -0.39 is 0 Å². The molecule has 1 N–H and O–H groups in total. The lowest BCUT2D eigenvalue weighted by Gasteiger charge is -2.31. The van der Waals surface area contributed by atoms with Gasteiger partial charge < -0.3 is 5.32 Å². The molecular weight excluding hydrogens is 218 g/mol. The molecule has 2 aliphatic carbocycles. The van der Waals surface area contributed by atoms with Gasteiger partial charge in [-0.15, -0.1) is 0 Å². The van der Waals surface area contributed by atoms with Crippen LogP contribution in [-0.2, 0) is 12.8 Å². The Morgan fingerprint density at radius 1 is 1.06 bits per heavy atom. The molecule has 1 saturated carbocycles. The number of hydrogen-bond donors (Lipinski definition) is 1. The summed E-state index contributed by atoms with van der Waals surface area (Å²) in [5.74, 6) is 0.972. The van der Waals surface area contributed by atoms with Crippen molar-refractivity contribution in [1.29, 1.82) is 0 Å². The van der Waals surface area contributed by atoms with Crippen LogP contribution < -0.4 is 5.32 Å². The molecule has 2 aliphatic rings. The molecule has 1 fully saturated rings. The zero-order chi connectivity index (χ0) is 12.4. The van der Waals surface area contributed by atoms with Crippen molar-refractivity contribution in [2.24, 2.45) is 5.92 Å². The molecule has 0 saturated heterocycles. The molecule has 0 aromatic heterocycles. The third-order valence-electron chi connectivity index (χ3n) is 4.88. The summed E-state index contributed by atoms with van der Waals surface area (Å²) in [6.07, 6.45) is 9.53. The molecule has 1 heteroatoms. The van der Waals surface area contributed by atoms with Gasteiger partial charge in [-0.1, -0.05) is 50.5 Å². The third kappa shape index (κ3) is 2.61. The number of fused-ring (bicyclic) bond motifs is 1. The van der Waals surface area contributed by atoms with E-state index in [0.29, 0.717) is 6.04 Å². The molecule has 1 aromatic rings. The molecule has 1 aromatic carbocycles. The molecular formula is C17H25N. The Balaban J connectivity index is 1.56. The Morgan fingerprint density at radius 3 is 2.44 bits per heavy atom. The van der Waals surface area contributed by atoms with Crippen molar-refractivity contribution in [1.82, 2.24) is 5.32 Å². The normalized spacial score (nSPS) is 28.3. The summed E-state index contributed by atoms with van der Waals surface area (Å²) < 4.78 is 0. The summed E-state index contributed by atoms with van der Waals surface area (Å²) in [6.45, 7) is 2.35. The number of hydrogen-bond acceptors (Lipinski definition) is 1. The van der Waals surface area contributed by atoms with Gasteiger partial charge in [0.15, 0.2) is 0 Å². The van der Waals surface area contributed by atoms with Crippen LogP contribution in [0.4, 0.5) is 0 Å². The van der Waals surface area contributed by atoms with E-state index >= 15 is 0 Å². The largest absolute Gasteiger partial charge is 0.311 e.